The lowest BCUT2D eigenvalue weighted by Gasteiger charge is -2.09. The number of amides is 1. The average Bonchev–Trinajstić information content (AvgIpc) is 3.06. The number of nitrogens with zero attached hydrogens (tertiary/aromatic N) is 2. The lowest BCUT2D eigenvalue weighted by atomic mass is 10.2. The quantitative estimate of drug-likeness (QED) is 0.611. The van der Waals surface area contributed by atoms with E-state index in [0.29, 0.717) is 10.8 Å². The van der Waals surface area contributed by atoms with Crippen LogP contribution in [0.4, 0.5) is 10.2 Å². The molecule has 1 amide bonds. The van der Waals surface area contributed by atoms with Gasteiger partial charge in [0.25, 0.3) is 0 Å². The number of aromatic nitrogens is 2. The molecular formula is C17H13ClFN3OS2. The SMILES string of the molecule is C[C@@H](Sc1nc(-c2ccc(F)cc2)cs1)C(=O)Nc1ccc(Cl)cn1. The second kappa shape index (κ2) is 7.95. The number of benzene rings is 1. The molecule has 0 unspecified atom stereocenters. The van der Waals surface area contributed by atoms with E-state index in [9.17, 15) is 9.18 Å². The largest absolute Gasteiger partial charge is 0.310 e. The molecule has 2 aromatic heterocycles. The van der Waals surface area contributed by atoms with E-state index in [0.717, 1.165) is 15.6 Å². The highest BCUT2D eigenvalue weighted by atomic mass is 35.5. The summed E-state index contributed by atoms with van der Waals surface area (Å²) in [5.41, 5.74) is 1.60. The standard InChI is InChI=1S/C17H13ClFN3OS2/c1-10(16(23)22-15-7-4-12(18)8-20-15)25-17-21-14(9-24-17)11-2-5-13(19)6-3-11/h2-10H,1H3,(H,20,22,23)/t10-/m1/s1. The molecule has 0 radical (unpaired) electrons. The number of thioether (sulfide) groups is 1. The van der Waals surface area contributed by atoms with Gasteiger partial charge in [-0.05, 0) is 43.3 Å². The van der Waals surface area contributed by atoms with Crippen LogP contribution in [0.3, 0.4) is 0 Å². The van der Waals surface area contributed by atoms with Gasteiger partial charge in [-0.15, -0.1) is 11.3 Å². The maximum Gasteiger partial charge on any atom is 0.238 e. The highest BCUT2D eigenvalue weighted by Crippen LogP contribution is 2.31. The van der Waals surface area contributed by atoms with Gasteiger partial charge >= 0.3 is 0 Å². The number of carbonyl (C=O) groups excluding carboxylic acids is 1. The lowest BCUT2D eigenvalue weighted by Crippen LogP contribution is -2.22. The Morgan fingerprint density at radius 1 is 1.28 bits per heavy atom. The fourth-order valence-electron chi connectivity index (χ4n) is 1.95. The molecule has 0 saturated heterocycles. The third kappa shape index (κ3) is 4.78. The summed E-state index contributed by atoms with van der Waals surface area (Å²) in [6, 6.07) is 9.47. The number of carbonyl (C=O) groups is 1. The Labute approximate surface area is 157 Å². The van der Waals surface area contributed by atoms with Gasteiger partial charge in [0, 0.05) is 17.1 Å². The molecule has 3 aromatic rings. The first-order chi connectivity index (χ1) is 12.0. The summed E-state index contributed by atoms with van der Waals surface area (Å²) in [6.07, 6.45) is 1.48. The van der Waals surface area contributed by atoms with Gasteiger partial charge in [0.1, 0.15) is 11.6 Å². The molecule has 3 rings (SSSR count). The Kier molecular flexibility index (Phi) is 5.67. The molecule has 1 N–H and O–H groups in total. The van der Waals surface area contributed by atoms with Crippen molar-refractivity contribution in [1.82, 2.24) is 9.97 Å². The molecule has 128 valence electrons. The molecule has 0 aliphatic rings. The number of anilines is 1. The van der Waals surface area contributed by atoms with Crippen molar-refractivity contribution in [1.29, 1.82) is 0 Å². The Morgan fingerprint density at radius 3 is 2.72 bits per heavy atom. The van der Waals surface area contributed by atoms with E-state index in [-0.39, 0.29) is 17.0 Å². The predicted molar refractivity (Wildman–Crippen MR) is 101 cm³/mol. The van der Waals surface area contributed by atoms with Crippen molar-refractivity contribution in [3.8, 4) is 11.3 Å². The highest BCUT2D eigenvalue weighted by molar-refractivity contribution is 8.02. The summed E-state index contributed by atoms with van der Waals surface area (Å²) in [5, 5.41) is 4.80. The van der Waals surface area contributed by atoms with Crippen molar-refractivity contribution < 1.29 is 9.18 Å². The van der Waals surface area contributed by atoms with Crippen molar-refractivity contribution in [2.75, 3.05) is 5.32 Å². The summed E-state index contributed by atoms with van der Waals surface area (Å²) >= 11 is 8.58. The molecule has 1 atom stereocenters. The van der Waals surface area contributed by atoms with E-state index in [1.165, 1.54) is 41.4 Å². The van der Waals surface area contributed by atoms with Gasteiger partial charge < -0.3 is 5.32 Å². The van der Waals surface area contributed by atoms with Crippen LogP contribution in [0, 0.1) is 5.82 Å². The van der Waals surface area contributed by atoms with Crippen LogP contribution in [-0.2, 0) is 4.79 Å². The van der Waals surface area contributed by atoms with Crippen molar-refractivity contribution in [3.63, 3.8) is 0 Å². The second-order valence-electron chi connectivity index (χ2n) is 5.12. The zero-order valence-corrected chi connectivity index (χ0v) is 15.5. The van der Waals surface area contributed by atoms with E-state index in [1.807, 2.05) is 5.38 Å². The molecule has 0 spiro atoms. The first-order valence-corrected chi connectivity index (χ1v) is 9.45. The zero-order valence-electron chi connectivity index (χ0n) is 13.1. The molecule has 0 saturated carbocycles. The van der Waals surface area contributed by atoms with Crippen LogP contribution in [0.5, 0.6) is 0 Å². The first-order valence-electron chi connectivity index (χ1n) is 7.32. The topological polar surface area (TPSA) is 54.9 Å². The summed E-state index contributed by atoms with van der Waals surface area (Å²) in [7, 11) is 0. The van der Waals surface area contributed by atoms with Gasteiger partial charge in [0.2, 0.25) is 5.91 Å². The van der Waals surface area contributed by atoms with Gasteiger partial charge in [-0.3, -0.25) is 4.79 Å². The van der Waals surface area contributed by atoms with E-state index in [4.69, 9.17) is 11.6 Å². The summed E-state index contributed by atoms with van der Waals surface area (Å²) in [6.45, 7) is 1.80. The van der Waals surface area contributed by atoms with Gasteiger partial charge in [0.05, 0.1) is 16.0 Å². The van der Waals surface area contributed by atoms with Crippen molar-refractivity contribution in [2.24, 2.45) is 0 Å². The minimum Gasteiger partial charge on any atom is -0.310 e. The van der Waals surface area contributed by atoms with Gasteiger partial charge in [-0.25, -0.2) is 14.4 Å². The molecule has 1 aromatic carbocycles. The summed E-state index contributed by atoms with van der Waals surface area (Å²) in [4.78, 5) is 20.8. The third-order valence-electron chi connectivity index (χ3n) is 3.25. The van der Waals surface area contributed by atoms with Crippen LogP contribution in [0.25, 0.3) is 11.3 Å². The van der Waals surface area contributed by atoms with E-state index >= 15 is 0 Å². The number of hydrogen-bond acceptors (Lipinski definition) is 5. The molecule has 0 aliphatic heterocycles. The Hall–Kier alpha value is -1.96. The molecule has 25 heavy (non-hydrogen) atoms. The molecule has 0 aliphatic carbocycles. The number of halogens is 2. The fraction of sp³-hybridized carbons (Fsp3) is 0.118. The minimum atomic E-state index is -0.343. The maximum absolute atomic E-state index is 13.0. The third-order valence-corrected chi connectivity index (χ3v) is 5.54. The predicted octanol–water partition coefficient (Wildman–Crippen LogP) is 5.12. The van der Waals surface area contributed by atoms with E-state index in [2.05, 4.69) is 15.3 Å². The fourth-order valence-corrected chi connectivity index (χ4v) is 4.03. The Morgan fingerprint density at radius 2 is 2.04 bits per heavy atom. The van der Waals surface area contributed by atoms with Gasteiger partial charge in [-0.1, -0.05) is 23.4 Å². The van der Waals surface area contributed by atoms with Crippen molar-refractivity contribution in [3.05, 3.63) is 58.8 Å². The summed E-state index contributed by atoms with van der Waals surface area (Å²) < 4.78 is 13.8. The minimum absolute atomic E-state index is 0.168. The van der Waals surface area contributed by atoms with Crippen LogP contribution in [0.15, 0.2) is 52.3 Å². The normalized spacial score (nSPS) is 12.0. The molecule has 2 heterocycles. The van der Waals surface area contributed by atoms with Crippen LogP contribution >= 0.6 is 34.7 Å². The van der Waals surface area contributed by atoms with Crippen molar-refractivity contribution >= 4 is 46.4 Å². The molecular weight excluding hydrogens is 381 g/mol. The van der Waals surface area contributed by atoms with Crippen molar-refractivity contribution in [2.45, 2.75) is 16.5 Å². The Balaban J connectivity index is 1.62. The van der Waals surface area contributed by atoms with E-state index < -0.39 is 0 Å². The number of rotatable bonds is 5. The molecule has 0 fully saturated rings. The first kappa shape index (κ1) is 17.8. The smallest absolute Gasteiger partial charge is 0.238 e. The number of thiazole rings is 1. The van der Waals surface area contributed by atoms with Crippen LogP contribution in [-0.4, -0.2) is 21.1 Å². The van der Waals surface area contributed by atoms with E-state index in [1.54, 1.807) is 31.2 Å². The average molecular weight is 394 g/mol. The van der Waals surface area contributed by atoms with Gasteiger partial charge in [0.15, 0.2) is 4.34 Å². The summed E-state index contributed by atoms with van der Waals surface area (Å²) in [5.74, 6) is 0.000949. The van der Waals surface area contributed by atoms with Crippen LogP contribution in [0.1, 0.15) is 6.92 Å². The Bertz CT molecular complexity index is 868. The maximum atomic E-state index is 13.0. The van der Waals surface area contributed by atoms with Crippen LogP contribution < -0.4 is 5.32 Å². The molecule has 4 nitrogen and oxygen atoms in total. The number of pyridine rings is 1. The monoisotopic (exact) mass is 393 g/mol. The van der Waals surface area contributed by atoms with Gasteiger partial charge in [-0.2, -0.15) is 0 Å². The molecule has 8 heteroatoms. The zero-order chi connectivity index (χ0) is 17.8. The lowest BCUT2D eigenvalue weighted by molar-refractivity contribution is -0.115. The number of hydrogen-bond donors (Lipinski definition) is 1. The highest BCUT2D eigenvalue weighted by Gasteiger charge is 2.17. The molecule has 0 bridgehead atoms. The second-order valence-corrected chi connectivity index (χ2v) is 8.00. The number of nitrogens with one attached hydrogen (secondary N) is 1. The van der Waals surface area contributed by atoms with Crippen LogP contribution in [0.2, 0.25) is 5.02 Å².